The van der Waals surface area contributed by atoms with Gasteiger partial charge in [-0.3, -0.25) is 9.59 Å². The molecule has 0 saturated heterocycles. The molecular weight excluding hydrogens is 228 g/mol. The highest BCUT2D eigenvalue weighted by Gasteiger charge is 2.08. The molecule has 18 heavy (non-hydrogen) atoms. The summed E-state index contributed by atoms with van der Waals surface area (Å²) in [6, 6.07) is 15.4. The van der Waals surface area contributed by atoms with Gasteiger partial charge in [-0.05, 0) is 30.3 Å². The monoisotopic (exact) mass is 240 g/mol. The van der Waals surface area contributed by atoms with Gasteiger partial charge in [0.05, 0.1) is 0 Å². The fourth-order valence-corrected chi connectivity index (χ4v) is 1.54. The second-order valence-electron chi connectivity index (χ2n) is 3.77. The van der Waals surface area contributed by atoms with Gasteiger partial charge in [0, 0.05) is 16.8 Å². The summed E-state index contributed by atoms with van der Waals surface area (Å²) in [5.41, 5.74) is 6.58. The third-order valence-corrected chi connectivity index (χ3v) is 2.44. The molecule has 2 amide bonds. The van der Waals surface area contributed by atoms with Crippen molar-refractivity contribution < 1.29 is 9.59 Å². The molecule has 0 aliphatic carbocycles. The van der Waals surface area contributed by atoms with Crippen LogP contribution in [0.2, 0.25) is 0 Å². The van der Waals surface area contributed by atoms with Crippen molar-refractivity contribution in [3.05, 3.63) is 65.7 Å². The van der Waals surface area contributed by atoms with E-state index in [1.54, 1.807) is 30.3 Å². The van der Waals surface area contributed by atoms with Gasteiger partial charge in [0.15, 0.2) is 0 Å². The van der Waals surface area contributed by atoms with Gasteiger partial charge in [0.1, 0.15) is 0 Å². The minimum atomic E-state index is -0.552. The Kier molecular flexibility index (Phi) is 3.38. The maximum atomic E-state index is 11.9. The van der Waals surface area contributed by atoms with Gasteiger partial charge in [-0.25, -0.2) is 0 Å². The molecule has 0 saturated carbocycles. The summed E-state index contributed by atoms with van der Waals surface area (Å²) in [6.45, 7) is 0. The molecule has 0 aromatic heterocycles. The molecule has 2 aromatic carbocycles. The van der Waals surface area contributed by atoms with E-state index in [0.29, 0.717) is 16.8 Å². The molecule has 0 unspecified atom stereocenters. The number of carbonyl (C=O) groups excluding carboxylic acids is 2. The number of hydrogen-bond donors (Lipinski definition) is 2. The summed E-state index contributed by atoms with van der Waals surface area (Å²) in [6.07, 6.45) is 0. The van der Waals surface area contributed by atoms with Crippen LogP contribution >= 0.6 is 0 Å². The molecule has 0 aliphatic rings. The fourth-order valence-electron chi connectivity index (χ4n) is 1.54. The Hall–Kier alpha value is -2.62. The molecular formula is C14H12N2O2. The second-order valence-corrected chi connectivity index (χ2v) is 3.77. The predicted octanol–water partition coefficient (Wildman–Crippen LogP) is 2.04. The summed E-state index contributed by atoms with van der Waals surface area (Å²) in [5, 5.41) is 2.73. The van der Waals surface area contributed by atoms with Crippen LogP contribution < -0.4 is 11.1 Å². The Labute approximate surface area is 104 Å². The number of anilines is 1. The van der Waals surface area contributed by atoms with Crippen LogP contribution in [0.5, 0.6) is 0 Å². The molecule has 3 N–H and O–H groups in total. The lowest BCUT2D eigenvalue weighted by Crippen LogP contribution is -2.15. The summed E-state index contributed by atoms with van der Waals surface area (Å²) in [4.78, 5) is 23.0. The van der Waals surface area contributed by atoms with Crippen molar-refractivity contribution in [2.75, 3.05) is 5.32 Å². The third-order valence-electron chi connectivity index (χ3n) is 2.44. The zero-order chi connectivity index (χ0) is 13.0. The van der Waals surface area contributed by atoms with Crippen molar-refractivity contribution in [3.63, 3.8) is 0 Å². The van der Waals surface area contributed by atoms with Crippen molar-refractivity contribution in [1.82, 2.24) is 0 Å². The number of primary amides is 1. The van der Waals surface area contributed by atoms with Crippen molar-refractivity contribution in [3.8, 4) is 0 Å². The molecule has 0 fully saturated rings. The van der Waals surface area contributed by atoms with Crippen LogP contribution in [0.4, 0.5) is 5.69 Å². The third kappa shape index (κ3) is 2.74. The van der Waals surface area contributed by atoms with Crippen molar-refractivity contribution in [2.45, 2.75) is 0 Å². The first-order valence-corrected chi connectivity index (χ1v) is 5.43. The molecule has 0 spiro atoms. The number of hydrogen-bond acceptors (Lipinski definition) is 2. The minimum absolute atomic E-state index is 0.274. The van der Waals surface area contributed by atoms with E-state index in [9.17, 15) is 9.59 Å². The average molecular weight is 240 g/mol. The number of nitrogens with two attached hydrogens (primary N) is 1. The minimum Gasteiger partial charge on any atom is -0.366 e. The summed E-state index contributed by atoms with van der Waals surface area (Å²) in [7, 11) is 0. The maximum Gasteiger partial charge on any atom is 0.255 e. The zero-order valence-electron chi connectivity index (χ0n) is 9.59. The van der Waals surface area contributed by atoms with E-state index in [2.05, 4.69) is 5.32 Å². The highest BCUT2D eigenvalue weighted by molar-refractivity contribution is 6.05. The van der Waals surface area contributed by atoms with Gasteiger partial charge >= 0.3 is 0 Å². The fraction of sp³-hybridized carbons (Fsp3) is 0. The molecule has 0 aliphatic heterocycles. The normalized spacial score (nSPS) is 9.78. The van der Waals surface area contributed by atoms with Crippen molar-refractivity contribution in [1.29, 1.82) is 0 Å². The van der Waals surface area contributed by atoms with Crippen LogP contribution in [0.15, 0.2) is 54.6 Å². The SMILES string of the molecule is NC(=O)c1cccc(C(=O)Nc2ccccc2)c1. The molecule has 0 radical (unpaired) electrons. The summed E-state index contributed by atoms with van der Waals surface area (Å²) < 4.78 is 0. The Morgan fingerprint density at radius 1 is 0.889 bits per heavy atom. The Bertz CT molecular complexity index is 579. The number of amides is 2. The molecule has 90 valence electrons. The maximum absolute atomic E-state index is 11.9. The molecule has 2 rings (SSSR count). The zero-order valence-corrected chi connectivity index (χ0v) is 9.59. The topological polar surface area (TPSA) is 72.2 Å². The molecule has 4 heteroatoms. The smallest absolute Gasteiger partial charge is 0.255 e. The Balaban J connectivity index is 2.19. The number of nitrogens with one attached hydrogen (secondary N) is 1. The lowest BCUT2D eigenvalue weighted by Gasteiger charge is -2.05. The van der Waals surface area contributed by atoms with E-state index < -0.39 is 5.91 Å². The van der Waals surface area contributed by atoms with Gasteiger partial charge in [-0.15, -0.1) is 0 Å². The van der Waals surface area contributed by atoms with Crippen molar-refractivity contribution in [2.24, 2.45) is 5.73 Å². The van der Waals surface area contributed by atoms with Crippen LogP contribution in [-0.2, 0) is 0 Å². The standard InChI is InChI=1S/C14H12N2O2/c15-13(17)10-5-4-6-11(9-10)14(18)16-12-7-2-1-3-8-12/h1-9H,(H2,15,17)(H,16,18). The summed E-state index contributed by atoms with van der Waals surface area (Å²) >= 11 is 0. The lowest BCUT2D eigenvalue weighted by molar-refractivity contribution is 0.1000. The van der Waals surface area contributed by atoms with Gasteiger partial charge in [0.2, 0.25) is 5.91 Å². The van der Waals surface area contributed by atoms with Crippen LogP contribution in [0, 0.1) is 0 Å². The van der Waals surface area contributed by atoms with E-state index in [-0.39, 0.29) is 5.91 Å². The Morgan fingerprint density at radius 3 is 2.22 bits per heavy atom. The van der Waals surface area contributed by atoms with Crippen LogP contribution in [0.3, 0.4) is 0 Å². The molecule has 0 bridgehead atoms. The number of carbonyl (C=O) groups is 2. The van der Waals surface area contributed by atoms with E-state index in [1.165, 1.54) is 6.07 Å². The number of rotatable bonds is 3. The van der Waals surface area contributed by atoms with E-state index in [4.69, 9.17) is 5.73 Å². The largest absolute Gasteiger partial charge is 0.366 e. The second kappa shape index (κ2) is 5.14. The van der Waals surface area contributed by atoms with E-state index >= 15 is 0 Å². The number of benzene rings is 2. The Morgan fingerprint density at radius 2 is 1.56 bits per heavy atom. The highest BCUT2D eigenvalue weighted by atomic mass is 16.2. The first kappa shape index (κ1) is 11.9. The first-order valence-electron chi connectivity index (χ1n) is 5.43. The van der Waals surface area contributed by atoms with E-state index in [1.807, 2.05) is 18.2 Å². The number of para-hydroxylation sites is 1. The molecule has 0 atom stereocenters. The molecule has 2 aromatic rings. The van der Waals surface area contributed by atoms with Crippen LogP contribution in [0.1, 0.15) is 20.7 Å². The van der Waals surface area contributed by atoms with Crippen LogP contribution in [-0.4, -0.2) is 11.8 Å². The molecule has 0 heterocycles. The summed E-state index contributed by atoms with van der Waals surface area (Å²) in [5.74, 6) is -0.825. The highest BCUT2D eigenvalue weighted by Crippen LogP contribution is 2.10. The quantitative estimate of drug-likeness (QED) is 0.861. The molecule has 4 nitrogen and oxygen atoms in total. The van der Waals surface area contributed by atoms with Crippen molar-refractivity contribution >= 4 is 17.5 Å². The average Bonchev–Trinajstić information content (AvgIpc) is 2.40. The lowest BCUT2D eigenvalue weighted by atomic mass is 10.1. The van der Waals surface area contributed by atoms with Gasteiger partial charge < -0.3 is 11.1 Å². The van der Waals surface area contributed by atoms with Gasteiger partial charge in [0.25, 0.3) is 5.91 Å². The van der Waals surface area contributed by atoms with Crippen LogP contribution in [0.25, 0.3) is 0 Å². The predicted molar refractivity (Wildman–Crippen MR) is 69.4 cm³/mol. The van der Waals surface area contributed by atoms with E-state index in [0.717, 1.165) is 0 Å². The first-order chi connectivity index (χ1) is 8.66. The van der Waals surface area contributed by atoms with Gasteiger partial charge in [-0.1, -0.05) is 24.3 Å². The van der Waals surface area contributed by atoms with Gasteiger partial charge in [-0.2, -0.15) is 0 Å².